The van der Waals surface area contributed by atoms with Crippen LogP contribution in [0.1, 0.15) is 62.3 Å². The predicted molar refractivity (Wildman–Crippen MR) is 132 cm³/mol. The summed E-state index contributed by atoms with van der Waals surface area (Å²) in [5.74, 6) is -0.764. The van der Waals surface area contributed by atoms with Gasteiger partial charge in [-0.3, -0.25) is 10.1 Å². The van der Waals surface area contributed by atoms with Gasteiger partial charge in [-0.1, -0.05) is 59.6 Å². The molecule has 0 spiro atoms. The fourth-order valence-electron chi connectivity index (χ4n) is 3.87. The van der Waals surface area contributed by atoms with Crippen LogP contribution in [-0.4, -0.2) is 23.8 Å². The molecule has 34 heavy (non-hydrogen) atoms. The molecule has 1 heterocycles. The van der Waals surface area contributed by atoms with Gasteiger partial charge in [0.25, 0.3) is 0 Å². The number of alkyl carbamates (subject to hydrolysis) is 1. The number of aryl methyl sites for hydroxylation is 1. The maximum absolute atomic E-state index is 12.7. The lowest BCUT2D eigenvalue weighted by Gasteiger charge is -2.18. The summed E-state index contributed by atoms with van der Waals surface area (Å²) >= 11 is 6.23. The molecule has 1 aliphatic rings. The van der Waals surface area contributed by atoms with Crippen molar-refractivity contribution in [2.24, 2.45) is 0 Å². The van der Waals surface area contributed by atoms with Crippen LogP contribution in [-0.2, 0) is 20.7 Å². The van der Waals surface area contributed by atoms with Gasteiger partial charge < -0.3 is 14.6 Å². The molecule has 0 saturated heterocycles. The summed E-state index contributed by atoms with van der Waals surface area (Å²) in [6.45, 7) is 4.32. The summed E-state index contributed by atoms with van der Waals surface area (Å²) in [6.07, 6.45) is 3.68. The smallest absolute Gasteiger partial charge is 0.412 e. The lowest BCUT2D eigenvalue weighted by Crippen LogP contribution is -2.26. The molecule has 0 saturated carbocycles. The number of aliphatic carboxylic acids is 1. The van der Waals surface area contributed by atoms with Crippen molar-refractivity contribution in [2.75, 3.05) is 6.61 Å². The quantitative estimate of drug-likeness (QED) is 0.389. The number of amides is 1. The van der Waals surface area contributed by atoms with Gasteiger partial charge in [-0.2, -0.15) is 0 Å². The summed E-state index contributed by atoms with van der Waals surface area (Å²) in [7, 11) is 0. The van der Waals surface area contributed by atoms with E-state index in [1.165, 1.54) is 0 Å². The van der Waals surface area contributed by atoms with Gasteiger partial charge in [0, 0.05) is 29.0 Å². The Labute approximate surface area is 205 Å². The Hall–Kier alpha value is -3.25. The molecule has 1 atom stereocenters. The Morgan fingerprint density at radius 2 is 1.88 bits per heavy atom. The van der Waals surface area contributed by atoms with Crippen LogP contribution in [0.2, 0.25) is 5.02 Å². The predicted octanol–water partition coefficient (Wildman–Crippen LogP) is 6.66. The number of hydrogen-bond donors (Lipinski definition) is 2. The van der Waals surface area contributed by atoms with Crippen LogP contribution in [0.15, 0.2) is 66.1 Å². The molecule has 2 aromatic rings. The normalized spacial score (nSPS) is 14.5. The third-order valence-electron chi connectivity index (χ3n) is 5.70. The monoisotopic (exact) mass is 483 g/mol. The van der Waals surface area contributed by atoms with Crippen LogP contribution >= 0.6 is 11.6 Å². The number of ether oxygens (including phenoxy) is 2. The lowest BCUT2D eigenvalue weighted by molar-refractivity contribution is -0.137. The Morgan fingerprint density at radius 1 is 1.15 bits per heavy atom. The van der Waals surface area contributed by atoms with Gasteiger partial charge in [-0.05, 0) is 50.3 Å². The van der Waals surface area contributed by atoms with Gasteiger partial charge >= 0.3 is 12.1 Å². The molecule has 1 unspecified atom stereocenters. The van der Waals surface area contributed by atoms with E-state index in [0.29, 0.717) is 23.7 Å². The zero-order chi connectivity index (χ0) is 24.5. The number of unbranched alkanes of at least 4 members (excludes halogenated alkanes) is 1. The lowest BCUT2D eigenvalue weighted by atomic mass is 9.95. The van der Waals surface area contributed by atoms with E-state index in [-0.39, 0.29) is 6.42 Å². The van der Waals surface area contributed by atoms with E-state index in [0.717, 1.165) is 47.1 Å². The Kier molecular flexibility index (Phi) is 9.16. The van der Waals surface area contributed by atoms with Crippen LogP contribution in [0.25, 0.3) is 5.57 Å². The highest BCUT2D eigenvalue weighted by Gasteiger charge is 2.20. The molecule has 0 radical (unpaired) electrons. The number of carboxylic acid groups (broad SMARTS) is 1. The van der Waals surface area contributed by atoms with Crippen molar-refractivity contribution in [3.8, 4) is 0 Å². The van der Waals surface area contributed by atoms with Crippen molar-refractivity contribution in [1.82, 2.24) is 5.32 Å². The zero-order valence-electron chi connectivity index (χ0n) is 19.5. The first-order valence-electron chi connectivity index (χ1n) is 11.4. The van der Waals surface area contributed by atoms with Gasteiger partial charge in [0.2, 0.25) is 0 Å². The molecule has 1 aliphatic heterocycles. The van der Waals surface area contributed by atoms with Crippen molar-refractivity contribution in [2.45, 2.75) is 52.1 Å². The van der Waals surface area contributed by atoms with Crippen LogP contribution in [0.5, 0.6) is 0 Å². The first-order chi connectivity index (χ1) is 16.3. The third-order valence-corrected chi connectivity index (χ3v) is 6.05. The number of hydrogen-bond acceptors (Lipinski definition) is 4. The standard InChI is InChI=1S/C27H30ClNO5/c1-18-15-16-33-17-24(29-27(32)34-19(2)22-8-4-5-9-23(22)28)26(18)21-13-11-20(12-14-21)7-3-6-10-25(30)31/h4-5,8-9,11-14,17,19H,3,6-7,10,15-16H2,1-2H3,(H,29,32)(H,30,31). The van der Waals surface area contributed by atoms with Crippen LogP contribution in [0, 0.1) is 0 Å². The molecule has 6 nitrogen and oxygen atoms in total. The molecular formula is C27H30ClNO5. The SMILES string of the molecule is CC1=C(c2ccc(CCCCC(=O)O)cc2)C(NC(=O)OC(C)c2ccccc2Cl)=COCC1. The number of benzene rings is 2. The Morgan fingerprint density at radius 3 is 2.59 bits per heavy atom. The maximum Gasteiger partial charge on any atom is 0.412 e. The largest absolute Gasteiger partial charge is 0.499 e. The van der Waals surface area contributed by atoms with E-state index in [4.69, 9.17) is 26.2 Å². The average molecular weight is 484 g/mol. The second-order valence-electron chi connectivity index (χ2n) is 8.30. The average Bonchev–Trinajstić information content (AvgIpc) is 2.98. The van der Waals surface area contributed by atoms with E-state index < -0.39 is 18.2 Å². The number of rotatable bonds is 9. The fourth-order valence-corrected chi connectivity index (χ4v) is 4.16. The number of nitrogens with one attached hydrogen (secondary N) is 1. The van der Waals surface area contributed by atoms with Crippen LogP contribution in [0.4, 0.5) is 4.79 Å². The molecule has 0 fully saturated rings. The summed E-state index contributed by atoms with van der Waals surface area (Å²) in [6, 6.07) is 15.4. The van der Waals surface area contributed by atoms with Gasteiger partial charge in [0.05, 0.1) is 12.3 Å². The number of allylic oxidation sites excluding steroid dienone is 1. The number of halogens is 1. The summed E-state index contributed by atoms with van der Waals surface area (Å²) in [5, 5.41) is 12.2. The number of carboxylic acids is 1. The van der Waals surface area contributed by atoms with E-state index in [1.807, 2.05) is 49.4 Å². The van der Waals surface area contributed by atoms with Gasteiger partial charge in [0.1, 0.15) is 12.4 Å². The maximum atomic E-state index is 12.7. The summed E-state index contributed by atoms with van der Waals surface area (Å²) in [4.78, 5) is 23.4. The molecule has 0 bridgehead atoms. The minimum Gasteiger partial charge on any atom is -0.499 e. The second-order valence-corrected chi connectivity index (χ2v) is 8.71. The minimum atomic E-state index is -0.764. The van der Waals surface area contributed by atoms with Gasteiger partial charge in [-0.15, -0.1) is 0 Å². The van der Waals surface area contributed by atoms with Crippen LogP contribution in [0.3, 0.4) is 0 Å². The Bertz CT molecular complexity index is 1070. The minimum absolute atomic E-state index is 0.190. The second kappa shape index (κ2) is 12.3. The van der Waals surface area contributed by atoms with E-state index in [2.05, 4.69) is 5.32 Å². The molecule has 0 aliphatic carbocycles. The molecule has 0 aromatic heterocycles. The highest BCUT2D eigenvalue weighted by molar-refractivity contribution is 6.31. The third kappa shape index (κ3) is 7.12. The Balaban J connectivity index is 1.70. The molecule has 2 aromatic carbocycles. The molecule has 3 rings (SSSR count). The molecular weight excluding hydrogens is 454 g/mol. The highest BCUT2D eigenvalue weighted by atomic mass is 35.5. The first-order valence-corrected chi connectivity index (χ1v) is 11.8. The van der Waals surface area contributed by atoms with Gasteiger partial charge in [-0.25, -0.2) is 4.79 Å². The number of carbonyl (C=O) groups is 2. The van der Waals surface area contributed by atoms with Crippen molar-refractivity contribution < 1.29 is 24.2 Å². The molecule has 1 amide bonds. The molecule has 2 N–H and O–H groups in total. The fraction of sp³-hybridized carbons (Fsp3) is 0.333. The molecule has 180 valence electrons. The zero-order valence-corrected chi connectivity index (χ0v) is 20.2. The van der Waals surface area contributed by atoms with Crippen molar-refractivity contribution in [1.29, 1.82) is 0 Å². The summed E-state index contributed by atoms with van der Waals surface area (Å²) in [5.41, 5.74) is 5.37. The van der Waals surface area contributed by atoms with Crippen LogP contribution < -0.4 is 5.32 Å². The topological polar surface area (TPSA) is 84.9 Å². The van der Waals surface area contributed by atoms with E-state index >= 15 is 0 Å². The first kappa shape index (κ1) is 25.4. The van der Waals surface area contributed by atoms with E-state index in [9.17, 15) is 9.59 Å². The van der Waals surface area contributed by atoms with Crippen molar-refractivity contribution in [3.05, 3.63) is 87.8 Å². The molecule has 7 heteroatoms. The van der Waals surface area contributed by atoms with Crippen molar-refractivity contribution >= 4 is 29.2 Å². The van der Waals surface area contributed by atoms with Gasteiger partial charge in [0.15, 0.2) is 0 Å². The van der Waals surface area contributed by atoms with E-state index in [1.54, 1.807) is 19.3 Å². The van der Waals surface area contributed by atoms with Crippen molar-refractivity contribution in [3.63, 3.8) is 0 Å². The summed E-state index contributed by atoms with van der Waals surface area (Å²) < 4.78 is 11.2. The highest BCUT2D eigenvalue weighted by Crippen LogP contribution is 2.30. The number of carbonyl (C=O) groups excluding carboxylic acids is 1.